The molecule has 2 aliphatic rings. The molecule has 2 nitrogen and oxygen atoms in total. The lowest BCUT2D eigenvalue weighted by atomic mass is 10.2. The zero-order chi connectivity index (χ0) is 4.69. The van der Waals surface area contributed by atoms with E-state index in [2.05, 4.69) is 11.4 Å². The summed E-state index contributed by atoms with van der Waals surface area (Å²) < 4.78 is 5.10. The first kappa shape index (κ1) is 3.50. The average molecular weight is 97.1 g/mol. The predicted octanol–water partition coefficient (Wildman–Crippen LogP) is 0.218. The highest BCUT2D eigenvalue weighted by molar-refractivity contribution is 4.99. The maximum Gasteiger partial charge on any atom is 0.154 e. The first-order chi connectivity index (χ1) is 3.47. The molecule has 7 heavy (non-hydrogen) atoms. The van der Waals surface area contributed by atoms with E-state index in [4.69, 9.17) is 4.74 Å². The second-order valence-corrected chi connectivity index (χ2v) is 1.90. The molecule has 0 saturated carbocycles. The summed E-state index contributed by atoms with van der Waals surface area (Å²) in [6.07, 6.45) is 6.01. The quantitative estimate of drug-likeness (QED) is 0.437. The van der Waals surface area contributed by atoms with E-state index in [1.807, 2.05) is 6.20 Å². The van der Waals surface area contributed by atoms with Crippen molar-refractivity contribution in [3.05, 3.63) is 12.3 Å². The van der Waals surface area contributed by atoms with Crippen molar-refractivity contribution in [2.45, 2.75) is 18.8 Å². The maximum absolute atomic E-state index is 5.10. The van der Waals surface area contributed by atoms with Gasteiger partial charge >= 0.3 is 0 Å². The largest absolute Gasteiger partial charge is 0.364 e. The Balaban J connectivity index is 2.10. The lowest BCUT2D eigenvalue weighted by molar-refractivity contribution is 0.364. The van der Waals surface area contributed by atoms with Crippen LogP contribution in [0.4, 0.5) is 0 Å². The summed E-state index contributed by atoms with van der Waals surface area (Å²) in [5.74, 6) is 0. The Hall–Kier alpha value is -0.500. The summed E-state index contributed by atoms with van der Waals surface area (Å²) in [6.45, 7) is 0. The summed E-state index contributed by atoms with van der Waals surface area (Å²) in [7, 11) is 0. The van der Waals surface area contributed by atoms with Crippen LogP contribution in [-0.2, 0) is 4.74 Å². The third kappa shape index (κ3) is 0.431. The van der Waals surface area contributed by atoms with E-state index >= 15 is 0 Å². The minimum absolute atomic E-state index is 0.366. The maximum atomic E-state index is 5.10. The van der Waals surface area contributed by atoms with Crippen LogP contribution in [0.2, 0.25) is 0 Å². The van der Waals surface area contributed by atoms with Gasteiger partial charge in [-0.05, 0) is 12.6 Å². The van der Waals surface area contributed by atoms with Crippen molar-refractivity contribution in [2.75, 3.05) is 0 Å². The molecule has 0 aromatic rings. The molecule has 2 rings (SSSR count). The minimum atomic E-state index is 0.366. The van der Waals surface area contributed by atoms with Crippen LogP contribution in [0.15, 0.2) is 12.3 Å². The number of epoxide rings is 1. The molecule has 2 heteroatoms. The van der Waals surface area contributed by atoms with Gasteiger partial charge in [-0.15, -0.1) is 0 Å². The van der Waals surface area contributed by atoms with Gasteiger partial charge in [-0.25, -0.2) is 0 Å². The highest BCUT2D eigenvalue weighted by Crippen LogP contribution is 2.25. The van der Waals surface area contributed by atoms with Crippen molar-refractivity contribution in [3.8, 4) is 0 Å². The van der Waals surface area contributed by atoms with Crippen LogP contribution in [0.1, 0.15) is 6.42 Å². The summed E-state index contributed by atoms with van der Waals surface area (Å²) >= 11 is 0. The molecule has 1 fully saturated rings. The van der Waals surface area contributed by atoms with Crippen LogP contribution in [-0.4, -0.2) is 12.3 Å². The van der Waals surface area contributed by atoms with Crippen molar-refractivity contribution >= 4 is 0 Å². The minimum Gasteiger partial charge on any atom is -0.364 e. The normalized spacial score (nSPS) is 44.6. The van der Waals surface area contributed by atoms with E-state index in [1.54, 1.807) is 0 Å². The fourth-order valence-corrected chi connectivity index (χ4v) is 0.834. The van der Waals surface area contributed by atoms with Crippen LogP contribution < -0.4 is 5.32 Å². The zero-order valence-electron chi connectivity index (χ0n) is 3.92. The van der Waals surface area contributed by atoms with Crippen molar-refractivity contribution in [1.29, 1.82) is 0 Å². The molecule has 0 radical (unpaired) electrons. The smallest absolute Gasteiger partial charge is 0.154 e. The molecular weight excluding hydrogens is 90.1 g/mol. The Morgan fingerprint density at radius 1 is 1.71 bits per heavy atom. The van der Waals surface area contributed by atoms with Gasteiger partial charge in [0, 0.05) is 0 Å². The van der Waals surface area contributed by atoms with Crippen LogP contribution in [0.5, 0.6) is 0 Å². The molecule has 38 valence electrons. The van der Waals surface area contributed by atoms with Gasteiger partial charge in [-0.2, -0.15) is 0 Å². The lowest BCUT2D eigenvalue weighted by Gasteiger charge is -1.96. The Labute approximate surface area is 42.2 Å². The molecule has 0 spiro atoms. The highest BCUT2D eigenvalue weighted by Gasteiger charge is 2.38. The fraction of sp³-hybridized carbons (Fsp3) is 0.600. The van der Waals surface area contributed by atoms with Gasteiger partial charge in [0.1, 0.15) is 6.10 Å². The Bertz CT molecular complexity index is 98.6. The van der Waals surface area contributed by atoms with Crippen LogP contribution in [0, 0.1) is 0 Å². The molecule has 0 bridgehead atoms. The number of ether oxygens (including phenoxy) is 1. The molecule has 0 aromatic heterocycles. The Kier molecular flexibility index (Phi) is 0.504. The van der Waals surface area contributed by atoms with Crippen LogP contribution in [0.3, 0.4) is 0 Å². The van der Waals surface area contributed by atoms with E-state index < -0.39 is 0 Å². The first-order valence-electron chi connectivity index (χ1n) is 2.53. The summed E-state index contributed by atoms with van der Waals surface area (Å²) in [5.41, 5.74) is 0. The SMILES string of the molecule is C1=CNC2OC2C1. The molecule has 2 heterocycles. The fourth-order valence-electron chi connectivity index (χ4n) is 0.834. The van der Waals surface area contributed by atoms with Crippen LogP contribution >= 0.6 is 0 Å². The number of fused-ring (bicyclic) bond motifs is 1. The Morgan fingerprint density at radius 2 is 2.71 bits per heavy atom. The summed E-state index contributed by atoms with van der Waals surface area (Å²) in [6, 6.07) is 0. The van der Waals surface area contributed by atoms with Gasteiger partial charge in [-0.3, -0.25) is 0 Å². The molecule has 1 N–H and O–H groups in total. The molecule has 2 aliphatic heterocycles. The van der Waals surface area contributed by atoms with Crippen LogP contribution in [0.25, 0.3) is 0 Å². The second-order valence-electron chi connectivity index (χ2n) is 1.90. The average Bonchev–Trinajstić information content (AvgIpc) is 2.41. The first-order valence-corrected chi connectivity index (χ1v) is 2.53. The molecular formula is C5H7NO. The second kappa shape index (κ2) is 1.01. The standard InChI is InChI=1S/C5H7NO/c1-2-4-5(7-4)6-3-1/h1,3-6H,2H2. The third-order valence-electron chi connectivity index (χ3n) is 1.33. The van der Waals surface area contributed by atoms with Gasteiger partial charge in [-0.1, -0.05) is 6.08 Å². The van der Waals surface area contributed by atoms with E-state index in [0.29, 0.717) is 12.3 Å². The van der Waals surface area contributed by atoms with Gasteiger partial charge in [0.15, 0.2) is 6.23 Å². The van der Waals surface area contributed by atoms with E-state index in [1.165, 1.54) is 0 Å². The number of rotatable bonds is 0. The van der Waals surface area contributed by atoms with E-state index in [-0.39, 0.29) is 0 Å². The predicted molar refractivity (Wildman–Crippen MR) is 25.6 cm³/mol. The molecule has 0 aromatic carbocycles. The van der Waals surface area contributed by atoms with E-state index in [0.717, 1.165) is 6.42 Å². The van der Waals surface area contributed by atoms with Crippen molar-refractivity contribution < 1.29 is 4.74 Å². The van der Waals surface area contributed by atoms with Gasteiger partial charge < -0.3 is 10.1 Å². The number of hydrogen-bond donors (Lipinski definition) is 1. The molecule has 1 saturated heterocycles. The van der Waals surface area contributed by atoms with Gasteiger partial charge in [0.05, 0.1) is 0 Å². The Morgan fingerprint density at radius 3 is 3.29 bits per heavy atom. The van der Waals surface area contributed by atoms with Gasteiger partial charge in [0.2, 0.25) is 0 Å². The topological polar surface area (TPSA) is 24.6 Å². The molecule has 0 amide bonds. The zero-order valence-corrected chi connectivity index (χ0v) is 3.92. The van der Waals surface area contributed by atoms with Crippen molar-refractivity contribution in [3.63, 3.8) is 0 Å². The molecule has 2 unspecified atom stereocenters. The summed E-state index contributed by atoms with van der Waals surface area (Å²) in [5, 5.41) is 3.05. The summed E-state index contributed by atoms with van der Waals surface area (Å²) in [4.78, 5) is 0. The van der Waals surface area contributed by atoms with Gasteiger partial charge in [0.25, 0.3) is 0 Å². The molecule has 2 atom stereocenters. The number of hydrogen-bond acceptors (Lipinski definition) is 2. The molecule has 0 aliphatic carbocycles. The monoisotopic (exact) mass is 97.1 g/mol. The lowest BCUT2D eigenvalue weighted by Crippen LogP contribution is -2.15. The third-order valence-corrected chi connectivity index (χ3v) is 1.33. The highest BCUT2D eigenvalue weighted by atomic mass is 16.6. The van der Waals surface area contributed by atoms with Crippen molar-refractivity contribution in [2.24, 2.45) is 0 Å². The van der Waals surface area contributed by atoms with E-state index in [9.17, 15) is 0 Å². The van der Waals surface area contributed by atoms with Crippen molar-refractivity contribution in [1.82, 2.24) is 5.32 Å². The number of nitrogens with one attached hydrogen (secondary N) is 1.